The van der Waals surface area contributed by atoms with Crippen molar-refractivity contribution in [3.8, 4) is 0 Å². The van der Waals surface area contributed by atoms with Crippen molar-refractivity contribution in [3.63, 3.8) is 0 Å². The molecular weight excluding hydrogens is 344 g/mol. The van der Waals surface area contributed by atoms with E-state index in [2.05, 4.69) is 12.2 Å². The molecule has 22 heavy (non-hydrogen) atoms. The van der Waals surface area contributed by atoms with Crippen molar-refractivity contribution in [2.24, 2.45) is 5.14 Å². The van der Waals surface area contributed by atoms with Gasteiger partial charge in [-0.25, -0.2) is 13.6 Å². The van der Waals surface area contributed by atoms with E-state index in [4.69, 9.17) is 14.6 Å². The molecule has 0 saturated carbocycles. The van der Waals surface area contributed by atoms with E-state index >= 15 is 0 Å². The first-order chi connectivity index (χ1) is 10.4. The number of hydrogen-bond acceptors (Lipinski definition) is 7. The normalized spacial score (nSPS) is 13.8. The Morgan fingerprint density at radius 2 is 2.05 bits per heavy atom. The molecule has 0 aliphatic rings. The molecule has 0 amide bonds. The largest absolute Gasteiger partial charge is 0.382 e. The fraction of sp³-hybridized carbons (Fsp3) is 0.538. The zero-order valence-electron chi connectivity index (χ0n) is 12.5. The maximum absolute atomic E-state index is 11.3. The number of sulfonamides is 1. The summed E-state index contributed by atoms with van der Waals surface area (Å²) in [5, 5.41) is 9.45. The Labute approximate surface area is 138 Å². The molecule has 0 radical (unpaired) electrons. The van der Waals surface area contributed by atoms with Crippen LogP contribution in [0.1, 0.15) is 17.8 Å². The predicted octanol–water partition coefficient (Wildman–Crippen LogP) is 1.92. The number of rotatable bonds is 9. The Bertz CT molecular complexity index is 677. The van der Waals surface area contributed by atoms with E-state index in [-0.39, 0.29) is 10.3 Å². The summed E-state index contributed by atoms with van der Waals surface area (Å²) in [6.45, 7) is 4.65. The number of nitrogens with one attached hydrogen (secondary N) is 1. The molecule has 1 unspecified atom stereocenters. The summed E-state index contributed by atoms with van der Waals surface area (Å²) in [6, 6.07) is 3.83. The van der Waals surface area contributed by atoms with Crippen molar-refractivity contribution in [2.45, 2.75) is 17.2 Å². The van der Waals surface area contributed by atoms with Crippen molar-refractivity contribution in [1.29, 1.82) is 0 Å². The van der Waals surface area contributed by atoms with Crippen molar-refractivity contribution in [3.05, 3.63) is 17.0 Å². The predicted molar refractivity (Wildman–Crippen MR) is 90.2 cm³/mol. The second-order valence-electron chi connectivity index (χ2n) is 4.78. The van der Waals surface area contributed by atoms with E-state index in [1.165, 1.54) is 16.2 Å². The molecule has 0 aliphatic carbocycles. The third kappa shape index (κ3) is 4.72. The summed E-state index contributed by atoms with van der Waals surface area (Å²) in [5.74, 6) is 0. The lowest BCUT2D eigenvalue weighted by Crippen LogP contribution is -2.23. The molecule has 0 aromatic carbocycles. The molecule has 2 aromatic rings. The van der Waals surface area contributed by atoms with Gasteiger partial charge in [-0.1, -0.05) is 0 Å². The quantitative estimate of drug-likeness (QED) is 0.664. The standard InChI is InChI=1S/C13H20N2O4S3/c1-9(15-3-4-19-6-5-18-2)11-7-10-8-12(22(14,16)17)21-13(10)20-11/h7-9,15H,3-6H2,1-2H3,(H2,14,16,17). The van der Waals surface area contributed by atoms with Crippen LogP contribution in [-0.2, 0) is 19.5 Å². The monoisotopic (exact) mass is 364 g/mol. The molecular formula is C13H20N2O4S3. The number of methoxy groups -OCH3 is 1. The van der Waals surface area contributed by atoms with Crippen LogP contribution in [0.15, 0.2) is 16.3 Å². The zero-order valence-corrected chi connectivity index (χ0v) is 14.9. The molecule has 0 bridgehead atoms. The van der Waals surface area contributed by atoms with Crippen LogP contribution >= 0.6 is 22.7 Å². The number of thiophene rings is 2. The van der Waals surface area contributed by atoms with E-state index in [1.54, 1.807) is 24.5 Å². The highest BCUT2D eigenvalue weighted by Crippen LogP contribution is 2.37. The van der Waals surface area contributed by atoms with Gasteiger partial charge in [0.15, 0.2) is 0 Å². The summed E-state index contributed by atoms with van der Waals surface area (Å²) in [7, 11) is -1.96. The Kier molecular flexibility index (Phi) is 6.33. The first kappa shape index (κ1) is 17.8. The summed E-state index contributed by atoms with van der Waals surface area (Å²) in [6.07, 6.45) is 0. The van der Waals surface area contributed by atoms with Gasteiger partial charge in [0.05, 0.1) is 23.8 Å². The van der Waals surface area contributed by atoms with Crippen LogP contribution in [0.4, 0.5) is 0 Å². The summed E-state index contributed by atoms with van der Waals surface area (Å²) in [4.78, 5) is 1.17. The third-order valence-corrected chi connectivity index (χ3v) is 7.04. The minimum atomic E-state index is -3.61. The van der Waals surface area contributed by atoms with E-state index in [0.717, 1.165) is 15.9 Å². The van der Waals surface area contributed by atoms with E-state index < -0.39 is 10.0 Å². The van der Waals surface area contributed by atoms with E-state index in [1.807, 2.05) is 6.07 Å². The lowest BCUT2D eigenvalue weighted by Gasteiger charge is -2.12. The number of ether oxygens (including phenoxy) is 2. The van der Waals surface area contributed by atoms with Crippen molar-refractivity contribution >= 4 is 42.1 Å². The molecule has 9 heteroatoms. The smallest absolute Gasteiger partial charge is 0.247 e. The number of hydrogen-bond donors (Lipinski definition) is 2. The number of fused-ring (bicyclic) bond motifs is 1. The minimum Gasteiger partial charge on any atom is -0.382 e. The molecule has 2 heterocycles. The first-order valence-corrected chi connectivity index (χ1v) is 9.96. The maximum atomic E-state index is 11.3. The van der Waals surface area contributed by atoms with Gasteiger partial charge in [0, 0.05) is 30.0 Å². The van der Waals surface area contributed by atoms with Crippen LogP contribution in [0.5, 0.6) is 0 Å². The summed E-state index contributed by atoms with van der Waals surface area (Å²) in [5.41, 5.74) is 0. The Morgan fingerprint density at radius 1 is 1.27 bits per heavy atom. The Hall–Kier alpha value is -0.550. The van der Waals surface area contributed by atoms with Crippen LogP contribution in [0.2, 0.25) is 0 Å². The average molecular weight is 365 g/mol. The first-order valence-electron chi connectivity index (χ1n) is 6.78. The number of primary sulfonamides is 1. The molecule has 3 N–H and O–H groups in total. The highest BCUT2D eigenvalue weighted by atomic mass is 32.2. The molecule has 1 atom stereocenters. The van der Waals surface area contributed by atoms with Crippen molar-refractivity contribution in [1.82, 2.24) is 5.32 Å². The second kappa shape index (κ2) is 7.82. The Balaban J connectivity index is 1.89. The van der Waals surface area contributed by atoms with Gasteiger partial charge < -0.3 is 14.8 Å². The maximum Gasteiger partial charge on any atom is 0.247 e. The van der Waals surface area contributed by atoms with Gasteiger partial charge in [-0.15, -0.1) is 22.7 Å². The Morgan fingerprint density at radius 3 is 2.68 bits per heavy atom. The molecule has 124 valence electrons. The third-order valence-electron chi connectivity index (χ3n) is 3.05. The molecule has 2 rings (SSSR count). The van der Waals surface area contributed by atoms with Gasteiger partial charge in [0.25, 0.3) is 0 Å². The fourth-order valence-electron chi connectivity index (χ4n) is 1.88. The summed E-state index contributed by atoms with van der Waals surface area (Å²) >= 11 is 2.81. The molecule has 0 spiro atoms. The van der Waals surface area contributed by atoms with Crippen LogP contribution in [0.25, 0.3) is 9.40 Å². The van der Waals surface area contributed by atoms with Gasteiger partial charge in [-0.05, 0) is 19.1 Å². The van der Waals surface area contributed by atoms with E-state index in [0.29, 0.717) is 19.8 Å². The lowest BCUT2D eigenvalue weighted by atomic mass is 10.2. The molecule has 0 fully saturated rings. The van der Waals surface area contributed by atoms with Gasteiger partial charge in [0.2, 0.25) is 10.0 Å². The second-order valence-corrected chi connectivity index (χ2v) is 8.97. The number of nitrogens with two attached hydrogens (primary N) is 1. The van der Waals surface area contributed by atoms with Crippen LogP contribution in [0.3, 0.4) is 0 Å². The molecule has 6 nitrogen and oxygen atoms in total. The van der Waals surface area contributed by atoms with Gasteiger partial charge >= 0.3 is 0 Å². The topological polar surface area (TPSA) is 90.7 Å². The van der Waals surface area contributed by atoms with Gasteiger partial charge in [0.1, 0.15) is 4.21 Å². The molecule has 2 aromatic heterocycles. The highest BCUT2D eigenvalue weighted by Gasteiger charge is 2.16. The minimum absolute atomic E-state index is 0.188. The fourth-order valence-corrected chi connectivity index (χ4v) is 5.27. The van der Waals surface area contributed by atoms with Crippen molar-refractivity contribution < 1.29 is 17.9 Å². The van der Waals surface area contributed by atoms with Crippen LogP contribution < -0.4 is 10.5 Å². The molecule has 0 aliphatic heterocycles. The van der Waals surface area contributed by atoms with E-state index in [9.17, 15) is 8.42 Å². The SMILES string of the molecule is COCCOCCNC(C)c1cc2cc(S(N)(=O)=O)sc2s1. The summed E-state index contributed by atoms with van der Waals surface area (Å²) < 4.78 is 34.1. The van der Waals surface area contributed by atoms with Crippen LogP contribution in [0, 0.1) is 0 Å². The van der Waals surface area contributed by atoms with Gasteiger partial charge in [-0.2, -0.15) is 0 Å². The molecule has 0 saturated heterocycles. The van der Waals surface area contributed by atoms with Crippen molar-refractivity contribution in [2.75, 3.05) is 33.5 Å². The highest BCUT2D eigenvalue weighted by molar-refractivity contribution is 7.91. The van der Waals surface area contributed by atoms with Crippen LogP contribution in [-0.4, -0.2) is 41.9 Å². The average Bonchev–Trinajstić information content (AvgIpc) is 3.00. The lowest BCUT2D eigenvalue weighted by molar-refractivity contribution is 0.0712. The zero-order chi connectivity index (χ0) is 16.2. The van der Waals surface area contributed by atoms with Gasteiger partial charge in [-0.3, -0.25) is 0 Å².